The maximum Gasteiger partial charge on any atom is 0.340 e. The number of benzene rings is 3. The third-order valence-electron chi connectivity index (χ3n) is 5.51. The number of nitrogens with one attached hydrogen (secondary N) is 2. The second kappa shape index (κ2) is 7.40. The lowest BCUT2D eigenvalue weighted by Gasteiger charge is -2.37. The van der Waals surface area contributed by atoms with Gasteiger partial charge in [0.2, 0.25) is 0 Å². The molecule has 0 fully saturated rings. The van der Waals surface area contributed by atoms with E-state index >= 15 is 0 Å². The predicted molar refractivity (Wildman–Crippen MR) is 121 cm³/mol. The summed E-state index contributed by atoms with van der Waals surface area (Å²) < 4.78 is 12.2. The van der Waals surface area contributed by atoms with Crippen molar-refractivity contribution >= 4 is 29.0 Å². The van der Waals surface area contributed by atoms with Gasteiger partial charge in [-0.1, -0.05) is 18.2 Å². The number of nitrogens with two attached hydrogens (primary N) is 1. The number of carbonyl (C=O) groups is 1. The summed E-state index contributed by atoms with van der Waals surface area (Å²) >= 11 is 5.30. The van der Waals surface area contributed by atoms with Gasteiger partial charge in [-0.2, -0.15) is 0 Å². The van der Waals surface area contributed by atoms with Crippen molar-refractivity contribution in [2.24, 2.45) is 5.73 Å². The van der Waals surface area contributed by atoms with Gasteiger partial charge >= 0.3 is 5.97 Å². The zero-order valence-corrected chi connectivity index (χ0v) is 17.5. The second-order valence-electron chi connectivity index (χ2n) is 7.40. The van der Waals surface area contributed by atoms with Gasteiger partial charge in [-0.15, -0.1) is 0 Å². The van der Waals surface area contributed by atoms with Crippen molar-refractivity contribution in [2.75, 3.05) is 18.4 Å². The van der Waals surface area contributed by atoms with Crippen molar-refractivity contribution in [1.82, 2.24) is 5.32 Å². The minimum absolute atomic E-state index is 0.0187. The zero-order chi connectivity index (χ0) is 22.5. The monoisotopic (exact) mass is 449 g/mol. The minimum atomic E-state index is -1.32. The van der Waals surface area contributed by atoms with Crippen LogP contribution in [0.25, 0.3) is 0 Å². The molecule has 32 heavy (non-hydrogen) atoms. The van der Waals surface area contributed by atoms with E-state index < -0.39 is 11.6 Å². The van der Waals surface area contributed by atoms with Crippen molar-refractivity contribution in [3.05, 3.63) is 76.9 Å². The van der Waals surface area contributed by atoms with Crippen molar-refractivity contribution < 1.29 is 24.5 Å². The predicted octanol–water partition coefficient (Wildman–Crippen LogP) is 2.91. The fourth-order valence-electron chi connectivity index (χ4n) is 4.18. The molecule has 0 aliphatic carbocycles. The number of esters is 1. The molecule has 2 aliphatic rings. The molecule has 0 radical (unpaired) electrons. The Morgan fingerprint density at radius 2 is 1.84 bits per heavy atom. The lowest BCUT2D eigenvalue weighted by molar-refractivity contribution is 0.0224. The van der Waals surface area contributed by atoms with E-state index in [2.05, 4.69) is 10.6 Å². The maximum atomic E-state index is 12.9. The molecule has 8 nitrogen and oxygen atoms in total. The molecule has 0 saturated carbocycles. The third kappa shape index (κ3) is 2.86. The Bertz CT molecular complexity index is 1280. The number of anilines is 1. The number of fused-ring (bicyclic) bond motifs is 6. The summed E-state index contributed by atoms with van der Waals surface area (Å²) in [6.45, 7) is 0.813. The summed E-state index contributed by atoms with van der Waals surface area (Å²) in [5, 5.41) is 26.8. The number of hydrogen-bond acceptors (Lipinski definition) is 7. The van der Waals surface area contributed by atoms with E-state index in [1.165, 1.54) is 18.2 Å². The average Bonchev–Trinajstić information content (AvgIpc) is 3.07. The summed E-state index contributed by atoms with van der Waals surface area (Å²) in [6.07, 6.45) is 0. The fourth-order valence-corrected chi connectivity index (χ4v) is 4.38. The Morgan fingerprint density at radius 1 is 1.06 bits per heavy atom. The molecule has 1 spiro atoms. The van der Waals surface area contributed by atoms with Crippen LogP contribution in [0, 0.1) is 0 Å². The standard InChI is InChI=1S/C23H19N3O5S/c24-9-10-25-22(32)26-19-17(28)8-7-16-20(19)30-18-11-12(27)5-6-15(18)23(16)14-4-2-1-3-13(14)21(29)31-23/h1-8,11,27-28H,9-10,24H2,(H2,25,26,32). The van der Waals surface area contributed by atoms with Crippen molar-refractivity contribution in [2.45, 2.75) is 5.60 Å². The number of thiocarbonyl (C=S) groups is 1. The summed E-state index contributed by atoms with van der Waals surface area (Å²) in [6, 6.07) is 14.9. The molecule has 3 aromatic rings. The van der Waals surface area contributed by atoms with Gasteiger partial charge in [0.1, 0.15) is 22.9 Å². The number of carbonyl (C=O) groups excluding carboxylic acids is 1. The molecule has 0 amide bonds. The Balaban J connectivity index is 1.76. The van der Waals surface area contributed by atoms with Crippen LogP contribution in [0.2, 0.25) is 0 Å². The highest BCUT2D eigenvalue weighted by Gasteiger charge is 2.54. The number of aromatic hydroxyl groups is 2. The first-order valence-corrected chi connectivity index (χ1v) is 10.3. The number of phenolic OH excluding ortho intramolecular Hbond substituents is 2. The van der Waals surface area contributed by atoms with Crippen LogP contribution in [0.4, 0.5) is 5.69 Å². The van der Waals surface area contributed by atoms with Gasteiger partial charge in [0.25, 0.3) is 0 Å². The molecule has 3 aromatic carbocycles. The first-order chi connectivity index (χ1) is 15.5. The van der Waals surface area contributed by atoms with Crippen LogP contribution in [-0.4, -0.2) is 34.4 Å². The second-order valence-corrected chi connectivity index (χ2v) is 7.81. The molecule has 162 valence electrons. The maximum absolute atomic E-state index is 12.9. The lowest BCUT2D eigenvalue weighted by Crippen LogP contribution is -2.35. The zero-order valence-electron chi connectivity index (χ0n) is 16.7. The molecule has 0 saturated heterocycles. The van der Waals surface area contributed by atoms with Gasteiger partial charge in [-0.3, -0.25) is 0 Å². The molecular weight excluding hydrogens is 430 g/mol. The summed E-state index contributed by atoms with van der Waals surface area (Å²) in [5.41, 5.74) is 6.54. The van der Waals surface area contributed by atoms with E-state index in [1.807, 2.05) is 12.1 Å². The van der Waals surface area contributed by atoms with Crippen LogP contribution in [0.15, 0.2) is 54.6 Å². The van der Waals surface area contributed by atoms with Gasteiger partial charge in [-0.05, 0) is 42.5 Å². The Hall–Kier alpha value is -3.82. The van der Waals surface area contributed by atoms with Crippen LogP contribution < -0.4 is 21.1 Å². The normalized spacial score (nSPS) is 17.6. The smallest absolute Gasteiger partial charge is 0.340 e. The molecule has 9 heteroatoms. The molecule has 6 N–H and O–H groups in total. The molecule has 0 bridgehead atoms. The third-order valence-corrected chi connectivity index (χ3v) is 5.76. The largest absolute Gasteiger partial charge is 0.508 e. The number of rotatable bonds is 3. The summed E-state index contributed by atoms with van der Waals surface area (Å²) in [5.74, 6) is -0.0945. The fraction of sp³-hybridized carbons (Fsp3) is 0.130. The van der Waals surface area contributed by atoms with Gasteiger partial charge in [-0.25, -0.2) is 4.79 Å². The van der Waals surface area contributed by atoms with Gasteiger partial charge in [0.15, 0.2) is 16.5 Å². The average molecular weight is 449 g/mol. The highest BCUT2D eigenvalue weighted by atomic mass is 32.1. The van der Waals surface area contributed by atoms with Crippen LogP contribution in [0.5, 0.6) is 23.0 Å². The lowest BCUT2D eigenvalue weighted by atomic mass is 9.77. The van der Waals surface area contributed by atoms with Crippen molar-refractivity contribution in [1.29, 1.82) is 0 Å². The Labute approximate surface area is 188 Å². The highest BCUT2D eigenvalue weighted by molar-refractivity contribution is 7.80. The van der Waals surface area contributed by atoms with E-state index in [4.69, 9.17) is 27.4 Å². The first kappa shape index (κ1) is 20.1. The molecule has 2 aliphatic heterocycles. The summed E-state index contributed by atoms with van der Waals surface area (Å²) in [7, 11) is 0. The summed E-state index contributed by atoms with van der Waals surface area (Å²) in [4.78, 5) is 12.9. The van der Waals surface area contributed by atoms with Crippen molar-refractivity contribution in [3.8, 4) is 23.0 Å². The van der Waals surface area contributed by atoms with Crippen LogP contribution >= 0.6 is 12.2 Å². The van der Waals surface area contributed by atoms with Crippen LogP contribution in [0.1, 0.15) is 27.0 Å². The van der Waals surface area contributed by atoms with Crippen LogP contribution in [-0.2, 0) is 10.3 Å². The Kier molecular flexibility index (Phi) is 4.65. The number of hydrogen-bond donors (Lipinski definition) is 5. The molecule has 1 unspecified atom stereocenters. The Morgan fingerprint density at radius 3 is 2.66 bits per heavy atom. The van der Waals surface area contributed by atoms with E-state index in [0.717, 1.165) is 0 Å². The van der Waals surface area contributed by atoms with E-state index in [-0.39, 0.29) is 33.8 Å². The molecular formula is C23H19N3O5S. The number of ether oxygens (including phenoxy) is 2. The first-order valence-electron chi connectivity index (χ1n) is 9.91. The topological polar surface area (TPSA) is 126 Å². The van der Waals surface area contributed by atoms with Crippen LogP contribution in [0.3, 0.4) is 0 Å². The SMILES string of the molecule is NCCNC(=S)Nc1c(O)ccc2c1Oc1cc(O)ccc1C21OC(=O)c2ccccc21. The van der Waals surface area contributed by atoms with Gasteiger partial charge in [0.05, 0.1) is 11.1 Å². The molecule has 2 heterocycles. The van der Waals surface area contributed by atoms with Crippen molar-refractivity contribution in [3.63, 3.8) is 0 Å². The molecule has 1 atom stereocenters. The van der Waals surface area contributed by atoms with Gasteiger partial charge in [0, 0.05) is 30.3 Å². The molecule has 0 aromatic heterocycles. The van der Waals surface area contributed by atoms with E-state index in [9.17, 15) is 15.0 Å². The van der Waals surface area contributed by atoms with E-state index in [1.54, 1.807) is 24.3 Å². The minimum Gasteiger partial charge on any atom is -0.508 e. The van der Waals surface area contributed by atoms with Gasteiger partial charge < -0.3 is 36.1 Å². The van der Waals surface area contributed by atoms with E-state index in [0.29, 0.717) is 35.3 Å². The highest BCUT2D eigenvalue weighted by Crippen LogP contribution is 2.59. The number of phenols is 2. The quantitative estimate of drug-likeness (QED) is 0.233. The molecule has 5 rings (SSSR count).